The molecule has 0 saturated heterocycles. The van der Waals surface area contributed by atoms with Gasteiger partial charge in [0.1, 0.15) is 35.0 Å². The number of rotatable bonds is 5. The lowest BCUT2D eigenvalue weighted by atomic mass is 10.1. The number of aromatic nitrogens is 1. The van der Waals surface area contributed by atoms with Crippen LogP contribution in [-0.2, 0) is 4.74 Å². The monoisotopic (exact) mass is 431 g/mol. The van der Waals surface area contributed by atoms with Crippen LogP contribution in [0.25, 0.3) is 11.3 Å². The van der Waals surface area contributed by atoms with E-state index in [2.05, 4.69) is 11.7 Å². The normalized spacial score (nSPS) is 11.0. The van der Waals surface area contributed by atoms with Crippen molar-refractivity contribution in [3.63, 3.8) is 0 Å². The number of nitrogens with zero attached hydrogens (tertiary/aromatic N) is 2. The summed E-state index contributed by atoms with van der Waals surface area (Å²) in [6, 6.07) is 6.91. The summed E-state index contributed by atoms with van der Waals surface area (Å²) in [6.45, 7) is 10.6. The third-order valence-electron chi connectivity index (χ3n) is 3.75. The van der Waals surface area contributed by atoms with Crippen molar-refractivity contribution in [1.29, 1.82) is 5.41 Å². The molecule has 2 rings (SSSR count). The fourth-order valence-electron chi connectivity index (χ4n) is 2.45. The number of carbonyl (C=O) groups excluding carboxylic acids is 2. The van der Waals surface area contributed by atoms with E-state index in [4.69, 9.17) is 19.4 Å². The first-order valence-corrected chi connectivity index (χ1v) is 10.3. The van der Waals surface area contributed by atoms with Gasteiger partial charge in [-0.3, -0.25) is 10.2 Å². The van der Waals surface area contributed by atoms with Crippen LogP contribution in [0, 0.1) is 12.3 Å². The third kappa shape index (κ3) is 5.50. The summed E-state index contributed by atoms with van der Waals surface area (Å²) in [6.07, 6.45) is 2.29. The average Bonchev–Trinajstić information content (AvgIpc) is 3.06. The molecule has 9 heteroatoms. The van der Waals surface area contributed by atoms with Crippen molar-refractivity contribution < 1.29 is 23.6 Å². The van der Waals surface area contributed by atoms with E-state index in [1.165, 1.54) is 0 Å². The van der Waals surface area contributed by atoms with Gasteiger partial charge in [0.15, 0.2) is 5.17 Å². The van der Waals surface area contributed by atoms with Crippen molar-refractivity contribution >= 4 is 28.9 Å². The number of hydrogen-bond acceptors (Lipinski definition) is 8. The lowest BCUT2D eigenvalue weighted by Crippen LogP contribution is -2.43. The van der Waals surface area contributed by atoms with Crippen LogP contribution in [0.1, 0.15) is 36.9 Å². The van der Waals surface area contributed by atoms with Crippen LogP contribution in [0.15, 0.2) is 41.4 Å². The zero-order valence-electron chi connectivity index (χ0n) is 17.6. The molecule has 0 fully saturated rings. The molecule has 0 unspecified atom stereocenters. The van der Waals surface area contributed by atoms with E-state index in [1.54, 1.807) is 64.3 Å². The molecule has 1 N–H and O–H groups in total. The minimum atomic E-state index is -0.938. The fraction of sp³-hybridized carbons (Fsp3) is 0.333. The van der Waals surface area contributed by atoms with E-state index in [-0.39, 0.29) is 22.2 Å². The Bertz CT molecular complexity index is 945. The molecule has 30 heavy (non-hydrogen) atoms. The number of benzene rings is 1. The molecule has 0 atom stereocenters. The van der Waals surface area contributed by atoms with Gasteiger partial charge in [0, 0.05) is 5.56 Å². The molecule has 1 aromatic heterocycles. The molecule has 0 radical (unpaired) electrons. The number of thioether (sulfide) groups is 1. The van der Waals surface area contributed by atoms with E-state index >= 15 is 0 Å². The Morgan fingerprint density at radius 2 is 1.93 bits per heavy atom. The van der Waals surface area contributed by atoms with Crippen molar-refractivity contribution in [2.45, 2.75) is 33.3 Å². The summed E-state index contributed by atoms with van der Waals surface area (Å²) in [5.74, 6) is 0.111. The Kier molecular flexibility index (Phi) is 7.44. The number of hydrogen-bond donors (Lipinski definition) is 1. The van der Waals surface area contributed by atoms with Crippen molar-refractivity contribution in [2.75, 3.05) is 12.9 Å². The van der Waals surface area contributed by atoms with E-state index in [9.17, 15) is 9.59 Å². The highest BCUT2D eigenvalue weighted by Crippen LogP contribution is 2.29. The van der Waals surface area contributed by atoms with Gasteiger partial charge in [0.2, 0.25) is 0 Å². The maximum atomic E-state index is 13.3. The molecule has 1 heterocycles. The van der Waals surface area contributed by atoms with E-state index < -0.39 is 17.6 Å². The minimum absolute atomic E-state index is 0.0828. The van der Waals surface area contributed by atoms with Crippen LogP contribution < -0.4 is 4.74 Å². The maximum Gasteiger partial charge on any atom is 0.423 e. The molecule has 2 amide bonds. The molecule has 1 aromatic carbocycles. The van der Waals surface area contributed by atoms with Crippen LogP contribution in [-0.4, -0.2) is 45.7 Å². The van der Waals surface area contributed by atoms with Crippen molar-refractivity contribution in [3.05, 3.63) is 48.2 Å². The molecule has 0 aliphatic rings. The number of carbonyl (C=O) groups is 2. The molecule has 0 saturated carbocycles. The zero-order chi connectivity index (χ0) is 22.5. The second-order valence-corrected chi connectivity index (χ2v) is 8.01. The van der Waals surface area contributed by atoms with Gasteiger partial charge in [-0.15, -0.1) is 0 Å². The molecule has 0 aliphatic heterocycles. The Hall–Kier alpha value is -3.07. The summed E-state index contributed by atoms with van der Waals surface area (Å²) < 4.78 is 16.0. The second-order valence-electron chi connectivity index (χ2n) is 7.22. The topological polar surface area (TPSA) is 106 Å². The fourth-order valence-corrected chi connectivity index (χ4v) is 2.79. The molecule has 8 nitrogen and oxygen atoms in total. The van der Waals surface area contributed by atoms with Crippen molar-refractivity contribution in [1.82, 2.24) is 10.1 Å². The molecular formula is C21H25N3O5S. The Balaban J connectivity index is 2.43. The number of amidine groups is 1. The summed E-state index contributed by atoms with van der Waals surface area (Å²) in [4.78, 5) is 26.6. The largest absolute Gasteiger partial charge is 0.490 e. The smallest absolute Gasteiger partial charge is 0.423 e. The maximum absolute atomic E-state index is 13.3. The lowest BCUT2D eigenvalue weighted by Gasteiger charge is -2.25. The summed E-state index contributed by atoms with van der Waals surface area (Å²) >= 11 is 0.942. The van der Waals surface area contributed by atoms with Crippen molar-refractivity contribution in [3.8, 4) is 17.0 Å². The number of amides is 2. The Labute approximate surface area is 179 Å². The van der Waals surface area contributed by atoms with Crippen LogP contribution in [0.3, 0.4) is 0 Å². The summed E-state index contributed by atoms with van der Waals surface area (Å²) in [7, 11) is 0. The first-order valence-electron chi connectivity index (χ1n) is 9.09. The standard InChI is InChI=1S/C21H25N3O5S/c1-7-12-27-15-10-8-14(9-11-15)17-16(13(2)29-23-17)18(25)24(19(22)30-6)20(26)28-21(3,4)5/h7-11,22H,1,12H2,2-6H3. The number of aryl methyl sites for hydroxylation is 1. The average molecular weight is 432 g/mol. The molecule has 0 aliphatic carbocycles. The molecule has 160 valence electrons. The summed E-state index contributed by atoms with van der Waals surface area (Å²) in [5, 5.41) is 11.8. The first kappa shape index (κ1) is 23.2. The van der Waals surface area contributed by atoms with Gasteiger partial charge >= 0.3 is 6.09 Å². The molecule has 0 bridgehead atoms. The number of nitrogens with one attached hydrogen (secondary N) is 1. The predicted molar refractivity (Wildman–Crippen MR) is 116 cm³/mol. The van der Waals surface area contributed by atoms with Crippen LogP contribution >= 0.6 is 11.8 Å². The van der Waals surface area contributed by atoms with Crippen LogP contribution in [0.5, 0.6) is 5.75 Å². The highest BCUT2D eigenvalue weighted by Gasteiger charge is 2.35. The predicted octanol–water partition coefficient (Wildman–Crippen LogP) is 4.89. The second kappa shape index (κ2) is 9.62. The molecule has 2 aromatic rings. The van der Waals surface area contributed by atoms with Crippen LogP contribution in [0.2, 0.25) is 0 Å². The summed E-state index contributed by atoms with van der Waals surface area (Å²) in [5.41, 5.74) is 0.109. The molecule has 0 spiro atoms. The van der Waals surface area contributed by atoms with Gasteiger partial charge in [0.05, 0.1) is 0 Å². The lowest BCUT2D eigenvalue weighted by molar-refractivity contribution is 0.0354. The minimum Gasteiger partial charge on any atom is -0.490 e. The Morgan fingerprint density at radius 1 is 1.30 bits per heavy atom. The Morgan fingerprint density at radius 3 is 2.47 bits per heavy atom. The first-order chi connectivity index (χ1) is 14.1. The van der Waals surface area contributed by atoms with E-state index in [0.29, 0.717) is 22.8 Å². The van der Waals surface area contributed by atoms with E-state index in [1.807, 2.05) is 0 Å². The van der Waals surface area contributed by atoms with Gasteiger partial charge in [-0.1, -0.05) is 29.6 Å². The van der Waals surface area contributed by atoms with Gasteiger partial charge in [-0.05, 0) is 58.2 Å². The van der Waals surface area contributed by atoms with E-state index in [0.717, 1.165) is 11.8 Å². The van der Waals surface area contributed by atoms with Gasteiger partial charge in [0.25, 0.3) is 5.91 Å². The number of ether oxygens (including phenoxy) is 2. The van der Waals surface area contributed by atoms with Gasteiger partial charge < -0.3 is 14.0 Å². The highest BCUT2D eigenvalue weighted by molar-refractivity contribution is 8.13. The van der Waals surface area contributed by atoms with Gasteiger partial charge in [-0.25, -0.2) is 4.79 Å². The number of imide groups is 1. The van der Waals surface area contributed by atoms with Gasteiger partial charge in [-0.2, -0.15) is 4.90 Å². The third-order valence-corrected chi connectivity index (χ3v) is 4.32. The highest BCUT2D eigenvalue weighted by atomic mass is 32.2. The van der Waals surface area contributed by atoms with Crippen LogP contribution in [0.4, 0.5) is 4.79 Å². The SMILES string of the molecule is C=CCOc1ccc(-c2noc(C)c2C(=O)N(C(=N)SC)C(=O)OC(C)(C)C)cc1. The quantitative estimate of drug-likeness (QED) is 0.408. The van der Waals surface area contributed by atoms with Crippen molar-refractivity contribution in [2.24, 2.45) is 0 Å². The molecular weight excluding hydrogens is 406 g/mol. The zero-order valence-corrected chi connectivity index (χ0v) is 18.5.